The number of hydrogen-bond acceptors (Lipinski definition) is 3. The van der Waals surface area contributed by atoms with E-state index in [4.69, 9.17) is 0 Å². The van der Waals surface area contributed by atoms with Crippen LogP contribution in [0.5, 0.6) is 0 Å². The first kappa shape index (κ1) is 12.8. The molecule has 1 aromatic carbocycles. The molecular formula is C14H17NO3. The van der Waals surface area contributed by atoms with Gasteiger partial charge in [-0.2, -0.15) is 0 Å². The van der Waals surface area contributed by atoms with Gasteiger partial charge < -0.3 is 5.11 Å². The lowest BCUT2D eigenvalue weighted by Crippen LogP contribution is -2.43. The minimum atomic E-state index is -0.447. The van der Waals surface area contributed by atoms with Gasteiger partial charge in [-0.25, -0.2) is 0 Å². The van der Waals surface area contributed by atoms with Crippen LogP contribution >= 0.6 is 0 Å². The van der Waals surface area contributed by atoms with Crippen molar-refractivity contribution in [1.82, 2.24) is 4.90 Å². The Hall–Kier alpha value is -1.68. The molecule has 0 spiro atoms. The molecule has 1 aromatic rings. The van der Waals surface area contributed by atoms with Gasteiger partial charge in [-0.1, -0.05) is 37.3 Å². The quantitative estimate of drug-likeness (QED) is 0.807. The first-order valence-electron chi connectivity index (χ1n) is 6.14. The fraction of sp³-hybridized carbons (Fsp3) is 0.429. The van der Waals surface area contributed by atoms with E-state index in [0.29, 0.717) is 6.42 Å². The summed E-state index contributed by atoms with van der Waals surface area (Å²) in [6.45, 7) is 1.55. The molecule has 4 nitrogen and oxygen atoms in total. The Kier molecular flexibility index (Phi) is 3.77. The molecule has 1 aliphatic rings. The number of amides is 2. The van der Waals surface area contributed by atoms with E-state index in [1.807, 2.05) is 30.3 Å². The number of rotatable bonds is 4. The van der Waals surface area contributed by atoms with Gasteiger partial charge in [-0.15, -0.1) is 0 Å². The Morgan fingerprint density at radius 3 is 2.50 bits per heavy atom. The molecule has 1 heterocycles. The van der Waals surface area contributed by atoms with Crippen molar-refractivity contribution >= 4 is 11.8 Å². The second-order valence-corrected chi connectivity index (χ2v) is 4.73. The lowest BCUT2D eigenvalue weighted by atomic mass is 10.1. The second kappa shape index (κ2) is 5.31. The van der Waals surface area contributed by atoms with Crippen LogP contribution in [0.4, 0.5) is 0 Å². The number of aliphatic hydroxyl groups excluding tert-OH is 1. The number of benzene rings is 1. The van der Waals surface area contributed by atoms with Crippen LogP contribution in [0, 0.1) is 5.92 Å². The van der Waals surface area contributed by atoms with Crippen molar-refractivity contribution in [3.63, 3.8) is 0 Å². The molecule has 1 fully saturated rings. The molecule has 1 unspecified atom stereocenters. The van der Waals surface area contributed by atoms with Crippen molar-refractivity contribution in [1.29, 1.82) is 0 Å². The lowest BCUT2D eigenvalue weighted by Gasteiger charge is -2.24. The van der Waals surface area contributed by atoms with Crippen LogP contribution in [0.15, 0.2) is 30.3 Å². The van der Waals surface area contributed by atoms with Gasteiger partial charge >= 0.3 is 0 Å². The molecule has 0 aromatic heterocycles. The summed E-state index contributed by atoms with van der Waals surface area (Å²) in [5, 5.41) is 9.42. The summed E-state index contributed by atoms with van der Waals surface area (Å²) in [4.78, 5) is 24.9. The van der Waals surface area contributed by atoms with Crippen molar-refractivity contribution in [3.8, 4) is 0 Å². The standard InChI is InChI=1S/C14H17NO3/c1-10-7-13(17)15(14(10)18)12(9-16)8-11-5-3-2-4-6-11/h2-6,10,12,16H,7-9H2,1H3/t10?,12-/m0/s1. The van der Waals surface area contributed by atoms with Crippen LogP contribution in [-0.4, -0.2) is 34.5 Å². The molecular weight excluding hydrogens is 230 g/mol. The third-order valence-corrected chi connectivity index (χ3v) is 3.30. The zero-order valence-corrected chi connectivity index (χ0v) is 10.4. The Morgan fingerprint density at radius 2 is 2.00 bits per heavy atom. The van der Waals surface area contributed by atoms with Crippen LogP contribution in [0.2, 0.25) is 0 Å². The fourth-order valence-electron chi connectivity index (χ4n) is 2.32. The molecule has 4 heteroatoms. The number of aliphatic hydroxyl groups is 1. The van der Waals surface area contributed by atoms with Gasteiger partial charge in [-0.05, 0) is 12.0 Å². The third-order valence-electron chi connectivity index (χ3n) is 3.30. The van der Waals surface area contributed by atoms with Crippen LogP contribution in [0.3, 0.4) is 0 Å². The van der Waals surface area contributed by atoms with Crippen LogP contribution in [-0.2, 0) is 16.0 Å². The Bertz CT molecular complexity index is 444. The summed E-state index contributed by atoms with van der Waals surface area (Å²) in [6.07, 6.45) is 0.756. The number of hydrogen-bond donors (Lipinski definition) is 1. The predicted octanol–water partition coefficient (Wildman–Crippen LogP) is 0.985. The number of carbonyl (C=O) groups is 2. The maximum Gasteiger partial charge on any atom is 0.232 e. The fourth-order valence-corrected chi connectivity index (χ4v) is 2.32. The maximum absolute atomic E-state index is 11.9. The van der Waals surface area contributed by atoms with Gasteiger partial charge in [0.2, 0.25) is 11.8 Å². The zero-order valence-electron chi connectivity index (χ0n) is 10.4. The van der Waals surface area contributed by atoms with E-state index < -0.39 is 6.04 Å². The normalized spacial score (nSPS) is 21.4. The number of nitrogens with zero attached hydrogens (tertiary/aromatic N) is 1. The minimum Gasteiger partial charge on any atom is -0.394 e. The van der Waals surface area contributed by atoms with E-state index in [9.17, 15) is 14.7 Å². The van der Waals surface area contributed by atoms with E-state index in [1.54, 1.807) is 6.92 Å². The molecule has 0 radical (unpaired) electrons. The smallest absolute Gasteiger partial charge is 0.232 e. The summed E-state index contributed by atoms with van der Waals surface area (Å²) in [6, 6.07) is 9.12. The third kappa shape index (κ3) is 2.43. The van der Waals surface area contributed by atoms with Gasteiger partial charge in [0.15, 0.2) is 0 Å². The molecule has 2 atom stereocenters. The predicted molar refractivity (Wildman–Crippen MR) is 66.7 cm³/mol. The zero-order chi connectivity index (χ0) is 13.1. The van der Waals surface area contributed by atoms with Gasteiger partial charge in [-0.3, -0.25) is 14.5 Å². The first-order chi connectivity index (χ1) is 8.63. The molecule has 96 valence electrons. The molecule has 2 rings (SSSR count). The lowest BCUT2D eigenvalue weighted by molar-refractivity contribution is -0.142. The molecule has 0 aliphatic carbocycles. The maximum atomic E-state index is 11.9. The molecule has 0 bridgehead atoms. The Balaban J connectivity index is 2.14. The first-order valence-corrected chi connectivity index (χ1v) is 6.14. The molecule has 1 saturated heterocycles. The number of carbonyl (C=O) groups excluding carboxylic acids is 2. The van der Waals surface area contributed by atoms with E-state index in [2.05, 4.69) is 0 Å². The summed E-state index contributed by atoms with van der Waals surface area (Å²) >= 11 is 0. The summed E-state index contributed by atoms with van der Waals surface area (Å²) in [5.74, 6) is -0.611. The van der Waals surface area contributed by atoms with E-state index in [0.717, 1.165) is 5.56 Å². The van der Waals surface area contributed by atoms with Crippen molar-refractivity contribution in [2.24, 2.45) is 5.92 Å². The van der Waals surface area contributed by atoms with E-state index in [-0.39, 0.29) is 30.8 Å². The van der Waals surface area contributed by atoms with Gasteiger partial charge in [0, 0.05) is 12.3 Å². The highest BCUT2D eigenvalue weighted by Gasteiger charge is 2.39. The molecule has 1 N–H and O–H groups in total. The Labute approximate surface area is 106 Å². The highest BCUT2D eigenvalue weighted by molar-refractivity contribution is 6.03. The molecule has 1 aliphatic heterocycles. The monoisotopic (exact) mass is 247 g/mol. The minimum absolute atomic E-state index is 0.171. The average molecular weight is 247 g/mol. The molecule has 2 amide bonds. The highest BCUT2D eigenvalue weighted by Crippen LogP contribution is 2.22. The summed E-state index contributed by atoms with van der Waals surface area (Å²) in [5.41, 5.74) is 1.01. The van der Waals surface area contributed by atoms with Crippen molar-refractivity contribution in [2.45, 2.75) is 25.8 Å². The van der Waals surface area contributed by atoms with Crippen LogP contribution in [0.25, 0.3) is 0 Å². The van der Waals surface area contributed by atoms with Crippen molar-refractivity contribution in [3.05, 3.63) is 35.9 Å². The topological polar surface area (TPSA) is 57.6 Å². The largest absolute Gasteiger partial charge is 0.394 e. The van der Waals surface area contributed by atoms with Gasteiger partial charge in [0.25, 0.3) is 0 Å². The SMILES string of the molecule is CC1CC(=O)N([C@H](CO)Cc2ccccc2)C1=O. The van der Waals surface area contributed by atoms with Crippen LogP contribution < -0.4 is 0 Å². The molecule has 18 heavy (non-hydrogen) atoms. The van der Waals surface area contributed by atoms with Crippen molar-refractivity contribution < 1.29 is 14.7 Å². The average Bonchev–Trinajstić information content (AvgIpc) is 2.62. The van der Waals surface area contributed by atoms with E-state index >= 15 is 0 Å². The van der Waals surface area contributed by atoms with Crippen LogP contribution in [0.1, 0.15) is 18.9 Å². The molecule has 0 saturated carbocycles. The second-order valence-electron chi connectivity index (χ2n) is 4.73. The van der Waals surface area contributed by atoms with E-state index in [1.165, 1.54) is 4.90 Å². The van der Waals surface area contributed by atoms with Crippen molar-refractivity contribution in [2.75, 3.05) is 6.61 Å². The number of likely N-dealkylation sites (tertiary alicyclic amines) is 1. The van der Waals surface area contributed by atoms with Gasteiger partial charge in [0.1, 0.15) is 0 Å². The Morgan fingerprint density at radius 1 is 1.33 bits per heavy atom. The highest BCUT2D eigenvalue weighted by atomic mass is 16.3. The summed E-state index contributed by atoms with van der Waals surface area (Å²) < 4.78 is 0. The van der Waals surface area contributed by atoms with Gasteiger partial charge in [0.05, 0.1) is 12.6 Å². The summed E-state index contributed by atoms with van der Waals surface area (Å²) in [7, 11) is 0. The number of imide groups is 1.